The van der Waals surface area contributed by atoms with Gasteiger partial charge in [0.05, 0.1) is 18.8 Å². The minimum absolute atomic E-state index is 0.0297. The van der Waals surface area contributed by atoms with E-state index in [0.29, 0.717) is 24.6 Å². The summed E-state index contributed by atoms with van der Waals surface area (Å²) in [5.41, 5.74) is 0.334. The summed E-state index contributed by atoms with van der Waals surface area (Å²) in [6.45, 7) is 0.809. The number of carbonyl (C=O) groups is 2. The highest BCUT2D eigenvalue weighted by Gasteiger charge is 2.62. The lowest BCUT2D eigenvalue weighted by Crippen LogP contribution is -2.23. The number of hydrogen-bond acceptors (Lipinski definition) is 4. The van der Waals surface area contributed by atoms with Crippen LogP contribution in [0.5, 0.6) is 0 Å². The number of Topliss-reactive ketones (excluding diaryl/α,β-unsaturated/α-hetero) is 1. The maximum atomic E-state index is 12.4. The quantitative estimate of drug-likeness (QED) is 0.781. The summed E-state index contributed by atoms with van der Waals surface area (Å²) >= 11 is 0. The molecule has 2 aliphatic carbocycles. The third-order valence-corrected chi connectivity index (χ3v) is 4.79. The van der Waals surface area contributed by atoms with Crippen LogP contribution in [-0.4, -0.2) is 32.1 Å². The van der Waals surface area contributed by atoms with Crippen LogP contribution in [0.2, 0.25) is 0 Å². The van der Waals surface area contributed by atoms with Gasteiger partial charge in [-0.25, -0.2) is 4.79 Å². The summed E-state index contributed by atoms with van der Waals surface area (Å²) < 4.78 is 10.6. The average Bonchev–Trinajstić information content (AvgIpc) is 3.27. The van der Waals surface area contributed by atoms with Crippen molar-refractivity contribution < 1.29 is 19.1 Å². The Morgan fingerprint density at radius 3 is 2.57 bits per heavy atom. The van der Waals surface area contributed by atoms with Crippen LogP contribution >= 0.6 is 0 Å². The Morgan fingerprint density at radius 2 is 1.95 bits per heavy atom. The zero-order valence-electron chi connectivity index (χ0n) is 12.2. The van der Waals surface area contributed by atoms with Crippen LogP contribution in [0.15, 0.2) is 30.3 Å². The number of esters is 1. The summed E-state index contributed by atoms with van der Waals surface area (Å²) in [7, 11) is 1.62. The molecule has 0 amide bonds. The fraction of sp³-hybridized carbons (Fsp3) is 0.529. The number of rotatable bonds is 5. The Labute approximate surface area is 124 Å². The maximum absolute atomic E-state index is 12.4. The molecule has 1 spiro atoms. The molecule has 21 heavy (non-hydrogen) atoms. The zero-order valence-corrected chi connectivity index (χ0v) is 12.2. The van der Waals surface area contributed by atoms with Gasteiger partial charge < -0.3 is 9.47 Å². The molecular formula is C17H20O4. The Bertz CT molecular complexity index is 533. The standard InChI is InChI=1S/C17H20O4/c1-20-10-13-9-14(17(7-8-17)15(13)18)11-21-16(19)12-5-3-2-4-6-12/h2-6,13-14H,7-11H2,1H3. The molecule has 2 fully saturated rings. The second kappa shape index (κ2) is 5.60. The van der Waals surface area contributed by atoms with E-state index in [1.54, 1.807) is 19.2 Å². The Balaban J connectivity index is 1.61. The van der Waals surface area contributed by atoms with Crippen molar-refractivity contribution in [2.24, 2.45) is 17.3 Å². The van der Waals surface area contributed by atoms with Crippen molar-refractivity contribution in [2.45, 2.75) is 19.3 Å². The van der Waals surface area contributed by atoms with Gasteiger partial charge in [0.25, 0.3) is 0 Å². The number of carbonyl (C=O) groups excluding carboxylic acids is 2. The second-order valence-corrected chi connectivity index (χ2v) is 6.07. The number of ether oxygens (including phenoxy) is 2. The first-order chi connectivity index (χ1) is 10.2. The Morgan fingerprint density at radius 1 is 1.24 bits per heavy atom. The molecule has 0 radical (unpaired) electrons. The van der Waals surface area contributed by atoms with E-state index in [2.05, 4.69) is 0 Å². The second-order valence-electron chi connectivity index (χ2n) is 6.07. The highest BCUT2D eigenvalue weighted by molar-refractivity contribution is 5.92. The van der Waals surface area contributed by atoms with Crippen LogP contribution in [0.4, 0.5) is 0 Å². The van der Waals surface area contributed by atoms with E-state index in [0.717, 1.165) is 19.3 Å². The number of methoxy groups -OCH3 is 1. The summed E-state index contributed by atoms with van der Waals surface area (Å²) in [6, 6.07) is 8.96. The summed E-state index contributed by atoms with van der Waals surface area (Å²) in [4.78, 5) is 24.4. The maximum Gasteiger partial charge on any atom is 0.338 e. The van der Waals surface area contributed by atoms with E-state index < -0.39 is 0 Å². The lowest BCUT2D eigenvalue weighted by Gasteiger charge is -2.16. The van der Waals surface area contributed by atoms with Crippen molar-refractivity contribution in [3.63, 3.8) is 0 Å². The van der Waals surface area contributed by atoms with Gasteiger partial charge >= 0.3 is 5.97 Å². The minimum atomic E-state index is -0.311. The largest absolute Gasteiger partial charge is 0.462 e. The fourth-order valence-corrected chi connectivity index (χ4v) is 3.48. The molecule has 2 unspecified atom stereocenters. The molecule has 0 heterocycles. The van der Waals surface area contributed by atoms with E-state index in [4.69, 9.17) is 9.47 Å². The summed E-state index contributed by atoms with van der Waals surface area (Å²) in [5.74, 6) is 0.120. The molecule has 1 aromatic rings. The van der Waals surface area contributed by atoms with Crippen molar-refractivity contribution in [1.82, 2.24) is 0 Å². The molecule has 0 bridgehead atoms. The molecule has 112 valence electrons. The van der Waals surface area contributed by atoms with E-state index >= 15 is 0 Å². The first kappa shape index (κ1) is 14.3. The fourth-order valence-electron chi connectivity index (χ4n) is 3.48. The predicted molar refractivity (Wildman–Crippen MR) is 76.9 cm³/mol. The molecule has 0 saturated heterocycles. The first-order valence-electron chi connectivity index (χ1n) is 7.43. The molecule has 4 nitrogen and oxygen atoms in total. The lowest BCUT2D eigenvalue weighted by molar-refractivity contribution is -0.127. The van der Waals surface area contributed by atoms with Gasteiger partial charge in [0.2, 0.25) is 0 Å². The molecule has 0 N–H and O–H groups in total. The zero-order chi connectivity index (χ0) is 14.9. The van der Waals surface area contributed by atoms with Gasteiger partial charge in [0, 0.05) is 24.4 Å². The van der Waals surface area contributed by atoms with Gasteiger partial charge in [-0.15, -0.1) is 0 Å². The third-order valence-electron chi connectivity index (χ3n) is 4.79. The third kappa shape index (κ3) is 2.60. The van der Waals surface area contributed by atoms with Gasteiger partial charge in [0.1, 0.15) is 5.78 Å². The molecular weight excluding hydrogens is 268 g/mol. The normalized spacial score (nSPS) is 26.0. The minimum Gasteiger partial charge on any atom is -0.462 e. The monoisotopic (exact) mass is 288 g/mol. The molecule has 3 rings (SSSR count). The molecule has 2 saturated carbocycles. The Kier molecular flexibility index (Phi) is 3.81. The van der Waals surface area contributed by atoms with Crippen LogP contribution in [-0.2, 0) is 14.3 Å². The van der Waals surface area contributed by atoms with Gasteiger partial charge in [-0.1, -0.05) is 18.2 Å². The highest BCUT2D eigenvalue weighted by Crippen LogP contribution is 2.60. The molecule has 2 aliphatic rings. The van der Waals surface area contributed by atoms with Crippen LogP contribution in [0.3, 0.4) is 0 Å². The van der Waals surface area contributed by atoms with Crippen LogP contribution < -0.4 is 0 Å². The van der Waals surface area contributed by atoms with E-state index in [1.807, 2.05) is 18.2 Å². The lowest BCUT2D eigenvalue weighted by atomic mass is 9.93. The predicted octanol–water partition coefficient (Wildman–Crippen LogP) is 2.48. The summed E-state index contributed by atoms with van der Waals surface area (Å²) in [6.07, 6.45) is 2.63. The highest BCUT2D eigenvalue weighted by atomic mass is 16.5. The van der Waals surface area contributed by atoms with Crippen molar-refractivity contribution in [1.29, 1.82) is 0 Å². The van der Waals surface area contributed by atoms with Crippen LogP contribution in [0.25, 0.3) is 0 Å². The molecule has 0 aliphatic heterocycles. The Hall–Kier alpha value is -1.68. The average molecular weight is 288 g/mol. The molecule has 0 aromatic heterocycles. The van der Waals surface area contributed by atoms with Gasteiger partial charge in [0.15, 0.2) is 0 Å². The van der Waals surface area contributed by atoms with Gasteiger partial charge in [-0.3, -0.25) is 4.79 Å². The SMILES string of the molecule is COCC1CC(COC(=O)c2ccccc2)C2(CC2)C1=O. The van der Waals surface area contributed by atoms with Crippen molar-refractivity contribution in [2.75, 3.05) is 20.3 Å². The smallest absolute Gasteiger partial charge is 0.338 e. The number of ketones is 1. The van der Waals surface area contributed by atoms with Crippen LogP contribution in [0.1, 0.15) is 29.6 Å². The van der Waals surface area contributed by atoms with Gasteiger partial charge in [-0.05, 0) is 31.4 Å². The number of benzene rings is 1. The van der Waals surface area contributed by atoms with E-state index in [9.17, 15) is 9.59 Å². The van der Waals surface area contributed by atoms with Crippen molar-refractivity contribution >= 4 is 11.8 Å². The van der Waals surface area contributed by atoms with Crippen molar-refractivity contribution in [3.05, 3.63) is 35.9 Å². The molecule has 4 heteroatoms. The van der Waals surface area contributed by atoms with Crippen LogP contribution in [0, 0.1) is 17.3 Å². The molecule has 1 aromatic carbocycles. The van der Waals surface area contributed by atoms with Crippen molar-refractivity contribution in [3.8, 4) is 0 Å². The summed E-state index contributed by atoms with van der Waals surface area (Å²) in [5, 5.41) is 0. The molecule has 2 atom stereocenters. The van der Waals surface area contributed by atoms with E-state index in [1.165, 1.54) is 0 Å². The first-order valence-corrected chi connectivity index (χ1v) is 7.43. The van der Waals surface area contributed by atoms with E-state index in [-0.39, 0.29) is 23.2 Å². The van der Waals surface area contributed by atoms with Gasteiger partial charge in [-0.2, -0.15) is 0 Å². The topological polar surface area (TPSA) is 52.6 Å². The number of hydrogen-bond donors (Lipinski definition) is 0.